The summed E-state index contributed by atoms with van der Waals surface area (Å²) in [6.45, 7) is 1.35. The van der Waals surface area contributed by atoms with Crippen molar-refractivity contribution in [3.05, 3.63) is 0 Å². The van der Waals surface area contributed by atoms with Crippen molar-refractivity contribution in [3.63, 3.8) is 0 Å². The van der Waals surface area contributed by atoms with Gasteiger partial charge in [-0.25, -0.2) is 0 Å². The van der Waals surface area contributed by atoms with E-state index in [9.17, 15) is 19.2 Å². The van der Waals surface area contributed by atoms with Crippen LogP contribution in [-0.2, 0) is 23.9 Å². The van der Waals surface area contributed by atoms with Gasteiger partial charge in [-0.15, -0.1) is 0 Å². The van der Waals surface area contributed by atoms with Crippen molar-refractivity contribution < 1.29 is 49.4 Å². The van der Waals surface area contributed by atoms with Crippen LogP contribution in [0.25, 0.3) is 0 Å². The van der Waals surface area contributed by atoms with E-state index in [0.717, 1.165) is 25.7 Å². The molecule has 1 heterocycles. The number of fused-ring (bicyclic) bond motifs is 1. The van der Waals surface area contributed by atoms with Gasteiger partial charge in [0.25, 0.3) is 0 Å². The van der Waals surface area contributed by atoms with Crippen molar-refractivity contribution in [3.8, 4) is 0 Å². The van der Waals surface area contributed by atoms with Gasteiger partial charge in [-0.3, -0.25) is 19.2 Å². The first-order valence-corrected chi connectivity index (χ1v) is 11.2. The molecule has 0 amide bonds. The molecule has 0 spiro atoms. The highest BCUT2D eigenvalue weighted by Gasteiger charge is 2.44. The summed E-state index contributed by atoms with van der Waals surface area (Å²) in [4.78, 5) is 42.9. The largest absolute Gasteiger partial charge is 0.481 e. The van der Waals surface area contributed by atoms with Gasteiger partial charge >= 0.3 is 23.9 Å². The third kappa shape index (κ3) is 7.83. The number of carboxylic acids is 2. The standard InChI is InChI=1S/C8H12O4.C8H10O3.C6H14O3/c9-7(10)5-1-2-6(4-3-5)8(11)12;9-7-5-3-1-2-4-6(5)8(10)11-7;1-2-6(3-7,4-8)5-9/h5-6H,1-4H2,(H,9,10)(H,11,12);5-6H,1-4H2;7-9H,2-5H2,1H3. The normalized spacial score (nSPS) is 27.1. The summed E-state index contributed by atoms with van der Waals surface area (Å²) in [7, 11) is 0. The van der Waals surface area contributed by atoms with Crippen LogP contribution in [0.15, 0.2) is 0 Å². The maximum atomic E-state index is 11.0. The van der Waals surface area contributed by atoms with E-state index < -0.39 is 17.4 Å². The number of carbonyl (C=O) groups is 4. The Balaban J connectivity index is 0.000000243. The molecule has 2 saturated carbocycles. The molecule has 2 aliphatic carbocycles. The molecule has 3 aliphatic rings. The Morgan fingerprint density at radius 3 is 1.34 bits per heavy atom. The second-order valence-electron chi connectivity index (χ2n) is 8.79. The Kier molecular flexibility index (Phi) is 11.8. The van der Waals surface area contributed by atoms with Gasteiger partial charge in [0.05, 0.1) is 43.5 Å². The van der Waals surface area contributed by atoms with E-state index in [1.54, 1.807) is 0 Å². The quantitative estimate of drug-likeness (QED) is 0.285. The Bertz CT molecular complexity index is 573. The first-order chi connectivity index (χ1) is 15.1. The van der Waals surface area contributed by atoms with Crippen molar-refractivity contribution in [2.75, 3.05) is 19.8 Å². The Morgan fingerprint density at radius 2 is 1.12 bits per heavy atom. The van der Waals surface area contributed by atoms with E-state index >= 15 is 0 Å². The maximum absolute atomic E-state index is 11.0. The zero-order chi connectivity index (χ0) is 24.3. The lowest BCUT2D eigenvalue weighted by Gasteiger charge is -2.24. The topological polar surface area (TPSA) is 179 Å². The highest BCUT2D eigenvalue weighted by atomic mass is 16.6. The molecule has 5 N–H and O–H groups in total. The van der Waals surface area contributed by atoms with Crippen molar-refractivity contribution in [2.24, 2.45) is 29.1 Å². The number of aliphatic carboxylic acids is 2. The lowest BCUT2D eigenvalue weighted by molar-refractivity contribution is -0.154. The molecule has 32 heavy (non-hydrogen) atoms. The molecular weight excluding hydrogens is 424 g/mol. The summed E-state index contributed by atoms with van der Waals surface area (Å²) in [5, 5.41) is 43.2. The molecule has 1 saturated heterocycles. The number of aliphatic hydroxyl groups excluding tert-OH is 3. The fourth-order valence-electron chi connectivity index (χ4n) is 4.02. The summed E-state index contributed by atoms with van der Waals surface area (Å²) in [6.07, 6.45) is 6.42. The van der Waals surface area contributed by atoms with Crippen molar-refractivity contribution in [1.29, 1.82) is 0 Å². The van der Waals surface area contributed by atoms with Crippen LogP contribution in [0, 0.1) is 29.1 Å². The number of aliphatic hydroxyl groups is 3. The molecule has 2 atom stereocenters. The van der Waals surface area contributed by atoms with Gasteiger partial charge < -0.3 is 30.3 Å². The highest BCUT2D eigenvalue weighted by Crippen LogP contribution is 2.36. The molecular formula is C22H36O10. The summed E-state index contributed by atoms with van der Waals surface area (Å²) in [5.41, 5.74) is -0.667. The minimum Gasteiger partial charge on any atom is -0.481 e. The van der Waals surface area contributed by atoms with Gasteiger partial charge in [-0.2, -0.15) is 0 Å². The molecule has 10 heteroatoms. The number of cyclic esters (lactones) is 2. The molecule has 0 aromatic heterocycles. The number of carbonyl (C=O) groups excluding carboxylic acids is 2. The number of ether oxygens (including phenoxy) is 1. The predicted molar refractivity (Wildman–Crippen MR) is 111 cm³/mol. The van der Waals surface area contributed by atoms with E-state index in [4.69, 9.17) is 25.5 Å². The minimum atomic E-state index is -0.793. The first kappa shape index (κ1) is 28.0. The molecule has 10 nitrogen and oxygen atoms in total. The molecule has 3 fully saturated rings. The van der Waals surface area contributed by atoms with Gasteiger partial charge in [-0.1, -0.05) is 19.8 Å². The monoisotopic (exact) mass is 460 g/mol. The molecule has 0 aromatic rings. The number of carboxylic acid groups (broad SMARTS) is 2. The van der Waals surface area contributed by atoms with Gasteiger partial charge in [0, 0.05) is 5.41 Å². The van der Waals surface area contributed by atoms with Crippen LogP contribution in [0.4, 0.5) is 0 Å². The Labute approximate surface area is 187 Å². The number of rotatable bonds is 6. The second-order valence-corrected chi connectivity index (χ2v) is 8.79. The van der Waals surface area contributed by atoms with Gasteiger partial charge in [0.1, 0.15) is 0 Å². The third-order valence-electron chi connectivity index (χ3n) is 6.75. The zero-order valence-electron chi connectivity index (χ0n) is 18.6. The van der Waals surface area contributed by atoms with Gasteiger partial charge in [0.15, 0.2) is 0 Å². The molecule has 0 aromatic carbocycles. The molecule has 3 rings (SSSR count). The SMILES string of the molecule is CCC(CO)(CO)CO.O=C(O)C1CCC(C(=O)O)CC1.O=C1OC(=O)C2CCCCC12. The van der Waals surface area contributed by atoms with Crippen LogP contribution in [0.3, 0.4) is 0 Å². The molecule has 1 aliphatic heterocycles. The number of esters is 2. The summed E-state index contributed by atoms with van der Waals surface area (Å²) in [5.74, 6) is -3.01. The number of hydrogen-bond donors (Lipinski definition) is 5. The summed E-state index contributed by atoms with van der Waals surface area (Å²) >= 11 is 0. The zero-order valence-corrected chi connectivity index (χ0v) is 18.6. The molecule has 2 unspecified atom stereocenters. The van der Waals surface area contributed by atoms with Crippen LogP contribution >= 0.6 is 0 Å². The second kappa shape index (κ2) is 13.5. The number of hydrogen-bond acceptors (Lipinski definition) is 8. The van der Waals surface area contributed by atoms with E-state index in [-0.39, 0.29) is 55.4 Å². The van der Waals surface area contributed by atoms with Gasteiger partial charge in [0.2, 0.25) is 0 Å². The van der Waals surface area contributed by atoms with Crippen LogP contribution in [0.1, 0.15) is 64.7 Å². The van der Waals surface area contributed by atoms with Crippen LogP contribution in [-0.4, -0.2) is 69.2 Å². The van der Waals surface area contributed by atoms with Crippen LogP contribution in [0.2, 0.25) is 0 Å². The smallest absolute Gasteiger partial charge is 0.317 e. The van der Waals surface area contributed by atoms with Crippen LogP contribution in [0.5, 0.6) is 0 Å². The molecule has 0 bridgehead atoms. The van der Waals surface area contributed by atoms with E-state index in [2.05, 4.69) is 4.74 Å². The minimum absolute atomic E-state index is 0.101. The highest BCUT2D eigenvalue weighted by molar-refractivity contribution is 5.96. The predicted octanol–water partition coefficient (Wildman–Crippen LogP) is 1.20. The molecule has 184 valence electrons. The summed E-state index contributed by atoms with van der Waals surface area (Å²) in [6, 6.07) is 0. The van der Waals surface area contributed by atoms with Gasteiger partial charge in [-0.05, 0) is 44.9 Å². The van der Waals surface area contributed by atoms with E-state index in [0.29, 0.717) is 32.1 Å². The Morgan fingerprint density at radius 1 is 0.781 bits per heavy atom. The van der Waals surface area contributed by atoms with E-state index in [1.165, 1.54) is 0 Å². The van der Waals surface area contributed by atoms with Crippen molar-refractivity contribution >= 4 is 23.9 Å². The lowest BCUT2D eigenvalue weighted by atomic mass is 9.81. The fourth-order valence-corrected chi connectivity index (χ4v) is 4.02. The van der Waals surface area contributed by atoms with E-state index in [1.807, 2.05) is 6.92 Å². The fraction of sp³-hybridized carbons (Fsp3) is 0.818. The maximum Gasteiger partial charge on any atom is 0.317 e. The average molecular weight is 461 g/mol. The first-order valence-electron chi connectivity index (χ1n) is 11.2. The van der Waals surface area contributed by atoms with Crippen molar-refractivity contribution in [1.82, 2.24) is 0 Å². The average Bonchev–Trinajstić information content (AvgIpc) is 3.10. The van der Waals surface area contributed by atoms with Crippen LogP contribution < -0.4 is 0 Å². The summed E-state index contributed by atoms with van der Waals surface area (Å²) < 4.78 is 4.53. The molecule has 0 radical (unpaired) electrons. The lowest BCUT2D eigenvalue weighted by Crippen LogP contribution is -2.32. The van der Waals surface area contributed by atoms with Crippen molar-refractivity contribution in [2.45, 2.75) is 64.7 Å². The third-order valence-corrected chi connectivity index (χ3v) is 6.75. The Hall–Kier alpha value is -2.04.